The molecule has 0 radical (unpaired) electrons. The summed E-state index contributed by atoms with van der Waals surface area (Å²) in [4.78, 5) is 16.7. The summed E-state index contributed by atoms with van der Waals surface area (Å²) in [5, 5.41) is 3.95. The van der Waals surface area contributed by atoms with Gasteiger partial charge in [-0.2, -0.15) is 0 Å². The van der Waals surface area contributed by atoms with Gasteiger partial charge in [-0.25, -0.2) is 0 Å². The molecule has 0 unspecified atom stereocenters. The Balaban J connectivity index is 1.59. The zero-order valence-electron chi connectivity index (χ0n) is 13.6. The third kappa shape index (κ3) is 4.95. The molecule has 1 amide bonds. The van der Waals surface area contributed by atoms with E-state index >= 15 is 0 Å². The summed E-state index contributed by atoms with van der Waals surface area (Å²) < 4.78 is 5.47. The number of ether oxygens (including phenoxy) is 1. The van der Waals surface area contributed by atoms with E-state index in [0.29, 0.717) is 16.9 Å². The monoisotopic (exact) mass is 334 g/mol. The van der Waals surface area contributed by atoms with Crippen LogP contribution in [0.5, 0.6) is 0 Å². The lowest BCUT2D eigenvalue weighted by atomic mass is 9.87. The molecule has 2 aliphatic rings. The fourth-order valence-electron chi connectivity index (χ4n) is 3.55. The van der Waals surface area contributed by atoms with Gasteiger partial charge in [0.05, 0.1) is 11.8 Å². The van der Waals surface area contributed by atoms with Crippen molar-refractivity contribution < 1.29 is 9.53 Å². The zero-order valence-corrected chi connectivity index (χ0v) is 14.4. The van der Waals surface area contributed by atoms with Crippen LogP contribution in [0.2, 0.25) is 0 Å². The van der Waals surface area contributed by atoms with Crippen LogP contribution in [0, 0.1) is 5.92 Å². The first-order chi connectivity index (χ1) is 11.3. The second-order valence-corrected chi connectivity index (χ2v) is 7.79. The molecule has 0 spiro atoms. The molecule has 0 aromatic carbocycles. The van der Waals surface area contributed by atoms with Gasteiger partial charge >= 0.3 is 0 Å². The Morgan fingerprint density at radius 1 is 1.30 bits per heavy atom. The Morgan fingerprint density at radius 3 is 2.78 bits per heavy atom. The van der Waals surface area contributed by atoms with E-state index in [0.717, 1.165) is 31.6 Å². The molecule has 126 valence electrons. The first kappa shape index (κ1) is 16.8. The highest BCUT2D eigenvalue weighted by Crippen LogP contribution is 2.31. The van der Waals surface area contributed by atoms with E-state index in [2.05, 4.69) is 16.4 Å². The molecule has 23 heavy (non-hydrogen) atoms. The summed E-state index contributed by atoms with van der Waals surface area (Å²) in [7, 11) is 0. The third-order valence-corrected chi connectivity index (χ3v) is 6.22. The Kier molecular flexibility index (Phi) is 6.34. The van der Waals surface area contributed by atoms with Crippen molar-refractivity contribution in [3.63, 3.8) is 0 Å². The Morgan fingerprint density at radius 2 is 2.09 bits per heavy atom. The molecule has 0 bridgehead atoms. The van der Waals surface area contributed by atoms with Gasteiger partial charge in [0.1, 0.15) is 0 Å². The molecule has 1 aliphatic heterocycles. The highest BCUT2D eigenvalue weighted by molar-refractivity contribution is 8.00. The van der Waals surface area contributed by atoms with Gasteiger partial charge in [-0.1, -0.05) is 18.9 Å². The fourth-order valence-corrected chi connectivity index (χ4v) is 4.68. The second kappa shape index (κ2) is 8.69. The van der Waals surface area contributed by atoms with Crippen LogP contribution in [0.3, 0.4) is 0 Å². The summed E-state index contributed by atoms with van der Waals surface area (Å²) in [6.45, 7) is 1.57. The number of rotatable bonds is 6. The molecule has 1 atom stereocenters. The van der Waals surface area contributed by atoms with Crippen LogP contribution in [0.4, 0.5) is 0 Å². The molecule has 4 nitrogen and oxygen atoms in total. The van der Waals surface area contributed by atoms with E-state index in [-0.39, 0.29) is 11.9 Å². The van der Waals surface area contributed by atoms with Gasteiger partial charge in [0.15, 0.2) is 0 Å². The van der Waals surface area contributed by atoms with Crippen LogP contribution in [-0.2, 0) is 9.53 Å². The average Bonchev–Trinajstić information content (AvgIpc) is 3.13. The van der Waals surface area contributed by atoms with Gasteiger partial charge in [0, 0.05) is 30.9 Å². The molecule has 1 N–H and O–H groups in total. The summed E-state index contributed by atoms with van der Waals surface area (Å²) in [5.41, 5.74) is 1.11. The van der Waals surface area contributed by atoms with Crippen molar-refractivity contribution in [3.8, 4) is 0 Å². The smallest absolute Gasteiger partial charge is 0.230 e. The minimum Gasteiger partial charge on any atom is -0.381 e. The van der Waals surface area contributed by atoms with Crippen LogP contribution in [0.1, 0.15) is 50.1 Å². The van der Waals surface area contributed by atoms with Crippen molar-refractivity contribution >= 4 is 17.7 Å². The van der Waals surface area contributed by atoms with Gasteiger partial charge < -0.3 is 10.1 Å². The predicted molar refractivity (Wildman–Crippen MR) is 93.4 cm³/mol. The third-order valence-electron chi connectivity index (χ3n) is 4.85. The minimum absolute atomic E-state index is 0.0595. The summed E-state index contributed by atoms with van der Waals surface area (Å²) in [6.07, 6.45) is 10.8. The molecular formula is C18H26N2O2S. The highest BCUT2D eigenvalue weighted by atomic mass is 32.2. The van der Waals surface area contributed by atoms with Crippen molar-refractivity contribution in [3.05, 3.63) is 30.1 Å². The highest BCUT2D eigenvalue weighted by Gasteiger charge is 2.27. The van der Waals surface area contributed by atoms with E-state index in [4.69, 9.17) is 4.74 Å². The number of aromatic nitrogens is 1. The molecule has 1 aliphatic carbocycles. The van der Waals surface area contributed by atoms with E-state index in [1.54, 1.807) is 6.20 Å². The summed E-state index contributed by atoms with van der Waals surface area (Å²) in [6, 6.07) is 4.07. The SMILES string of the molecule is O=C(CSC1CCCC1)N[C@H](c1cccnc1)C1CCOCC1. The van der Waals surface area contributed by atoms with Crippen molar-refractivity contribution in [2.45, 2.75) is 49.8 Å². The van der Waals surface area contributed by atoms with Crippen LogP contribution < -0.4 is 5.32 Å². The van der Waals surface area contributed by atoms with Gasteiger partial charge in [-0.3, -0.25) is 9.78 Å². The Labute approximate surface area is 142 Å². The van der Waals surface area contributed by atoms with Gasteiger partial charge in [-0.15, -0.1) is 11.8 Å². The number of amides is 1. The topological polar surface area (TPSA) is 51.2 Å². The molecule has 2 fully saturated rings. The molecule has 5 heteroatoms. The van der Waals surface area contributed by atoms with E-state index in [1.165, 1.54) is 25.7 Å². The first-order valence-electron chi connectivity index (χ1n) is 8.71. The zero-order chi connectivity index (χ0) is 15.9. The number of pyridine rings is 1. The number of nitrogens with zero attached hydrogens (tertiary/aromatic N) is 1. The standard InChI is InChI=1S/C18H26N2O2S/c21-17(13-23-16-5-1-2-6-16)20-18(14-7-10-22-11-8-14)15-4-3-9-19-12-15/h3-4,9,12,14,16,18H,1-2,5-8,10-11,13H2,(H,20,21)/t18-/m0/s1. The number of carbonyl (C=O) groups is 1. The number of nitrogens with one attached hydrogen (secondary N) is 1. The summed E-state index contributed by atoms with van der Waals surface area (Å²) >= 11 is 1.82. The number of hydrogen-bond acceptors (Lipinski definition) is 4. The van der Waals surface area contributed by atoms with Crippen molar-refractivity contribution in [1.82, 2.24) is 10.3 Å². The molecule has 1 saturated carbocycles. The molecule has 2 heterocycles. The summed E-state index contributed by atoms with van der Waals surface area (Å²) in [5.74, 6) is 1.17. The van der Waals surface area contributed by atoms with Crippen molar-refractivity contribution in [2.24, 2.45) is 5.92 Å². The molecule has 1 saturated heterocycles. The van der Waals surface area contributed by atoms with E-state index in [9.17, 15) is 4.79 Å². The maximum atomic E-state index is 12.4. The quantitative estimate of drug-likeness (QED) is 0.867. The van der Waals surface area contributed by atoms with Gasteiger partial charge in [0.2, 0.25) is 5.91 Å². The fraction of sp³-hybridized carbons (Fsp3) is 0.667. The number of thioether (sulfide) groups is 1. The predicted octanol–water partition coefficient (Wildman–Crippen LogP) is 3.34. The largest absolute Gasteiger partial charge is 0.381 e. The van der Waals surface area contributed by atoms with Gasteiger partial charge in [0.25, 0.3) is 0 Å². The van der Waals surface area contributed by atoms with Crippen LogP contribution >= 0.6 is 11.8 Å². The van der Waals surface area contributed by atoms with Crippen LogP contribution in [0.25, 0.3) is 0 Å². The maximum absolute atomic E-state index is 12.4. The number of hydrogen-bond donors (Lipinski definition) is 1. The molecule has 1 aromatic heterocycles. The van der Waals surface area contributed by atoms with Crippen LogP contribution in [0.15, 0.2) is 24.5 Å². The first-order valence-corrected chi connectivity index (χ1v) is 9.76. The van der Waals surface area contributed by atoms with Gasteiger partial charge in [-0.05, 0) is 43.2 Å². The average molecular weight is 334 g/mol. The second-order valence-electron chi connectivity index (χ2n) is 6.50. The Bertz CT molecular complexity index is 485. The van der Waals surface area contributed by atoms with Crippen molar-refractivity contribution in [2.75, 3.05) is 19.0 Å². The lowest BCUT2D eigenvalue weighted by Crippen LogP contribution is -2.37. The van der Waals surface area contributed by atoms with Crippen LogP contribution in [-0.4, -0.2) is 35.1 Å². The Hall–Kier alpha value is -1.07. The molecular weight excluding hydrogens is 308 g/mol. The van der Waals surface area contributed by atoms with E-state index in [1.807, 2.05) is 24.0 Å². The maximum Gasteiger partial charge on any atom is 0.230 e. The minimum atomic E-state index is 0.0595. The number of carbonyl (C=O) groups excluding carboxylic acids is 1. The molecule has 1 aromatic rings. The molecule has 3 rings (SSSR count). The van der Waals surface area contributed by atoms with Crippen molar-refractivity contribution in [1.29, 1.82) is 0 Å². The normalized spacial score (nSPS) is 21.2. The lowest BCUT2D eigenvalue weighted by Gasteiger charge is -2.31. The van der Waals surface area contributed by atoms with E-state index < -0.39 is 0 Å². The lowest BCUT2D eigenvalue weighted by molar-refractivity contribution is -0.120.